The molecule has 0 aromatic carbocycles. The fraction of sp³-hybridized carbons (Fsp3) is 0.875. The zero-order chi connectivity index (χ0) is 7.40. The third-order valence-electron chi connectivity index (χ3n) is 1.96. The van der Waals surface area contributed by atoms with E-state index in [1.807, 2.05) is 0 Å². The highest BCUT2D eigenvalue weighted by molar-refractivity contribution is 5.76. The minimum absolute atomic E-state index is 0.240. The molecule has 0 aromatic heterocycles. The van der Waals surface area contributed by atoms with Crippen molar-refractivity contribution in [2.75, 3.05) is 0 Å². The fourth-order valence-corrected chi connectivity index (χ4v) is 1.45. The van der Waals surface area contributed by atoms with Gasteiger partial charge in [-0.15, -0.1) is 0 Å². The number of hydrogen-bond acceptors (Lipinski definition) is 1. The van der Waals surface area contributed by atoms with E-state index in [-0.39, 0.29) is 5.91 Å². The molecule has 10 heavy (non-hydrogen) atoms. The lowest BCUT2D eigenvalue weighted by Gasteiger charge is -2.22. The minimum Gasteiger partial charge on any atom is -0.353 e. The van der Waals surface area contributed by atoms with Gasteiger partial charge >= 0.3 is 0 Å². The number of carbonyl (C=O) groups is 1. The van der Waals surface area contributed by atoms with Gasteiger partial charge in [-0.3, -0.25) is 4.79 Å². The number of amides is 1. The van der Waals surface area contributed by atoms with Crippen LogP contribution in [0.1, 0.15) is 39.0 Å². The number of rotatable bonds is 2. The van der Waals surface area contributed by atoms with Gasteiger partial charge in [0.25, 0.3) is 0 Å². The van der Waals surface area contributed by atoms with E-state index in [1.165, 1.54) is 12.8 Å². The Labute approximate surface area is 62.0 Å². The smallest absolute Gasteiger partial charge is 0.220 e. The van der Waals surface area contributed by atoms with E-state index in [1.54, 1.807) is 0 Å². The van der Waals surface area contributed by atoms with Crippen LogP contribution in [0.3, 0.4) is 0 Å². The highest BCUT2D eigenvalue weighted by Gasteiger charge is 2.16. The third-order valence-corrected chi connectivity index (χ3v) is 1.96. The van der Waals surface area contributed by atoms with Gasteiger partial charge in [-0.1, -0.05) is 13.3 Å². The molecule has 1 unspecified atom stereocenters. The Morgan fingerprint density at radius 1 is 1.70 bits per heavy atom. The Kier molecular flexibility index (Phi) is 2.72. The Bertz CT molecular complexity index is 120. The fourth-order valence-electron chi connectivity index (χ4n) is 1.45. The Morgan fingerprint density at radius 3 is 3.10 bits per heavy atom. The van der Waals surface area contributed by atoms with Gasteiger partial charge in [-0.05, 0) is 19.3 Å². The molecule has 2 heteroatoms. The van der Waals surface area contributed by atoms with Crippen LogP contribution in [0.15, 0.2) is 0 Å². The van der Waals surface area contributed by atoms with Crippen LogP contribution in [-0.4, -0.2) is 11.9 Å². The standard InChI is InChI=1S/C8H15NO/c1-2-4-7-5-3-6-8(10)9-7/h7H,2-6H2,1H3,(H,9,10). The summed E-state index contributed by atoms with van der Waals surface area (Å²) >= 11 is 0. The quantitative estimate of drug-likeness (QED) is 0.619. The Hall–Kier alpha value is -0.530. The number of carbonyl (C=O) groups excluding carboxylic acids is 1. The molecule has 1 heterocycles. The maximum absolute atomic E-state index is 10.8. The molecule has 0 radical (unpaired) electrons. The topological polar surface area (TPSA) is 29.1 Å². The molecule has 1 saturated heterocycles. The lowest BCUT2D eigenvalue weighted by atomic mass is 10.0. The zero-order valence-corrected chi connectivity index (χ0v) is 6.52. The third kappa shape index (κ3) is 2.01. The molecule has 0 aliphatic carbocycles. The first kappa shape index (κ1) is 7.58. The molecule has 1 aliphatic heterocycles. The van der Waals surface area contributed by atoms with Crippen molar-refractivity contribution in [1.82, 2.24) is 5.32 Å². The van der Waals surface area contributed by atoms with Crippen molar-refractivity contribution >= 4 is 5.91 Å². The molecule has 2 nitrogen and oxygen atoms in total. The second-order valence-corrected chi connectivity index (χ2v) is 2.95. The van der Waals surface area contributed by atoms with Crippen molar-refractivity contribution in [2.24, 2.45) is 0 Å². The number of nitrogens with one attached hydrogen (secondary N) is 1. The van der Waals surface area contributed by atoms with Crippen LogP contribution in [0.25, 0.3) is 0 Å². The summed E-state index contributed by atoms with van der Waals surface area (Å²) in [5, 5.41) is 2.98. The minimum atomic E-state index is 0.240. The van der Waals surface area contributed by atoms with Crippen molar-refractivity contribution in [2.45, 2.75) is 45.1 Å². The highest BCUT2D eigenvalue weighted by atomic mass is 16.1. The molecule has 0 saturated carbocycles. The van der Waals surface area contributed by atoms with Crippen LogP contribution in [0.2, 0.25) is 0 Å². The Balaban J connectivity index is 2.25. The van der Waals surface area contributed by atoms with E-state index < -0.39 is 0 Å². The van der Waals surface area contributed by atoms with Crippen LogP contribution in [-0.2, 0) is 4.79 Å². The lowest BCUT2D eigenvalue weighted by Crippen LogP contribution is -2.38. The summed E-state index contributed by atoms with van der Waals surface area (Å²) in [5.41, 5.74) is 0. The normalized spacial score (nSPS) is 26.1. The van der Waals surface area contributed by atoms with E-state index in [0.29, 0.717) is 6.04 Å². The molecule has 1 atom stereocenters. The molecule has 1 fully saturated rings. The molecule has 1 rings (SSSR count). The maximum Gasteiger partial charge on any atom is 0.220 e. The van der Waals surface area contributed by atoms with Gasteiger partial charge in [0.2, 0.25) is 5.91 Å². The molecular formula is C8H15NO. The summed E-state index contributed by atoms with van der Waals surface area (Å²) in [5.74, 6) is 0.240. The van der Waals surface area contributed by atoms with Gasteiger partial charge < -0.3 is 5.32 Å². The average molecular weight is 141 g/mol. The van der Waals surface area contributed by atoms with Crippen molar-refractivity contribution in [3.8, 4) is 0 Å². The van der Waals surface area contributed by atoms with E-state index in [9.17, 15) is 4.79 Å². The van der Waals surface area contributed by atoms with Crippen LogP contribution < -0.4 is 5.32 Å². The lowest BCUT2D eigenvalue weighted by molar-refractivity contribution is -0.123. The van der Waals surface area contributed by atoms with Crippen LogP contribution in [0.4, 0.5) is 0 Å². The predicted molar refractivity (Wildman–Crippen MR) is 40.7 cm³/mol. The summed E-state index contributed by atoms with van der Waals surface area (Å²) in [7, 11) is 0. The molecule has 0 aromatic rings. The second kappa shape index (κ2) is 3.59. The monoisotopic (exact) mass is 141 g/mol. The Morgan fingerprint density at radius 2 is 2.50 bits per heavy atom. The van der Waals surface area contributed by atoms with Crippen molar-refractivity contribution in [3.05, 3.63) is 0 Å². The van der Waals surface area contributed by atoms with Gasteiger partial charge in [0, 0.05) is 12.5 Å². The van der Waals surface area contributed by atoms with Crippen molar-refractivity contribution in [3.63, 3.8) is 0 Å². The summed E-state index contributed by atoms with van der Waals surface area (Å²) in [6.45, 7) is 2.15. The molecule has 1 N–H and O–H groups in total. The first-order valence-electron chi connectivity index (χ1n) is 4.12. The van der Waals surface area contributed by atoms with Crippen molar-refractivity contribution < 1.29 is 4.79 Å². The van der Waals surface area contributed by atoms with E-state index in [2.05, 4.69) is 12.2 Å². The van der Waals surface area contributed by atoms with Crippen molar-refractivity contribution in [1.29, 1.82) is 0 Å². The van der Waals surface area contributed by atoms with Gasteiger partial charge in [-0.2, -0.15) is 0 Å². The predicted octanol–water partition coefficient (Wildman–Crippen LogP) is 1.46. The van der Waals surface area contributed by atoms with Gasteiger partial charge in [0.1, 0.15) is 0 Å². The first-order chi connectivity index (χ1) is 4.83. The van der Waals surface area contributed by atoms with Gasteiger partial charge in [0.15, 0.2) is 0 Å². The van der Waals surface area contributed by atoms with Crippen LogP contribution in [0.5, 0.6) is 0 Å². The number of piperidine rings is 1. The molecular weight excluding hydrogens is 126 g/mol. The van der Waals surface area contributed by atoms with E-state index in [0.717, 1.165) is 19.3 Å². The first-order valence-corrected chi connectivity index (χ1v) is 4.12. The molecule has 58 valence electrons. The summed E-state index contributed by atoms with van der Waals surface area (Å²) in [4.78, 5) is 10.8. The molecule has 0 spiro atoms. The largest absolute Gasteiger partial charge is 0.353 e. The molecule has 0 bridgehead atoms. The molecule has 1 aliphatic rings. The van der Waals surface area contributed by atoms with E-state index in [4.69, 9.17) is 0 Å². The van der Waals surface area contributed by atoms with Gasteiger partial charge in [-0.25, -0.2) is 0 Å². The SMILES string of the molecule is CCCC1CCCC(=O)N1. The van der Waals surface area contributed by atoms with Gasteiger partial charge in [0.05, 0.1) is 0 Å². The summed E-state index contributed by atoms with van der Waals surface area (Å²) < 4.78 is 0. The van der Waals surface area contributed by atoms with Crippen LogP contribution in [0, 0.1) is 0 Å². The molecule has 1 amide bonds. The average Bonchev–Trinajstić information content (AvgIpc) is 1.88. The number of hydrogen-bond donors (Lipinski definition) is 1. The second-order valence-electron chi connectivity index (χ2n) is 2.95. The highest BCUT2D eigenvalue weighted by Crippen LogP contribution is 2.11. The zero-order valence-electron chi connectivity index (χ0n) is 6.52. The maximum atomic E-state index is 10.8. The summed E-state index contributed by atoms with van der Waals surface area (Å²) in [6, 6.07) is 0.478. The summed E-state index contributed by atoms with van der Waals surface area (Å²) in [6.07, 6.45) is 5.31. The van der Waals surface area contributed by atoms with E-state index >= 15 is 0 Å². The van der Waals surface area contributed by atoms with Crippen LogP contribution >= 0.6 is 0 Å².